The molecule has 3 aromatic rings. The minimum atomic E-state index is -0.185. The maximum absolute atomic E-state index is 12.3. The summed E-state index contributed by atoms with van der Waals surface area (Å²) in [5, 5.41) is 2.87. The number of carbonyl (C=O) groups is 1. The van der Waals surface area contributed by atoms with Crippen molar-refractivity contribution < 1.29 is 13.9 Å². The third-order valence-corrected chi connectivity index (χ3v) is 3.29. The molecule has 2 aromatic carbocycles. The van der Waals surface area contributed by atoms with E-state index in [2.05, 4.69) is 5.32 Å². The summed E-state index contributed by atoms with van der Waals surface area (Å²) in [6.07, 6.45) is 1.61. The van der Waals surface area contributed by atoms with Crippen LogP contribution in [-0.2, 0) is 0 Å². The van der Waals surface area contributed by atoms with Gasteiger partial charge in [0.15, 0.2) is 0 Å². The summed E-state index contributed by atoms with van der Waals surface area (Å²) in [5.41, 5.74) is 2.06. The molecule has 0 radical (unpaired) electrons. The molecule has 0 spiro atoms. The Morgan fingerprint density at radius 2 is 1.86 bits per heavy atom. The number of carbonyl (C=O) groups excluding carboxylic acids is 1. The quantitative estimate of drug-likeness (QED) is 0.784. The molecule has 0 aliphatic heterocycles. The van der Waals surface area contributed by atoms with Crippen molar-refractivity contribution in [2.24, 2.45) is 0 Å². The molecule has 1 N–H and O–H groups in total. The van der Waals surface area contributed by atoms with Crippen LogP contribution in [0.1, 0.15) is 10.4 Å². The molecule has 110 valence electrons. The highest BCUT2D eigenvalue weighted by Crippen LogP contribution is 2.31. The molecule has 0 bridgehead atoms. The number of hydrogen-bond acceptors (Lipinski definition) is 3. The van der Waals surface area contributed by atoms with Crippen LogP contribution in [0.2, 0.25) is 0 Å². The fourth-order valence-corrected chi connectivity index (χ4v) is 2.19. The smallest absolute Gasteiger partial charge is 0.255 e. The predicted molar refractivity (Wildman–Crippen MR) is 85.1 cm³/mol. The predicted octanol–water partition coefficient (Wildman–Crippen LogP) is 4.21. The molecular formula is C18H15NO3. The first-order valence-electron chi connectivity index (χ1n) is 6.86. The normalized spacial score (nSPS) is 10.2. The van der Waals surface area contributed by atoms with Gasteiger partial charge in [-0.1, -0.05) is 18.2 Å². The van der Waals surface area contributed by atoms with E-state index >= 15 is 0 Å². The Balaban J connectivity index is 1.91. The van der Waals surface area contributed by atoms with E-state index in [0.717, 1.165) is 11.3 Å². The highest BCUT2D eigenvalue weighted by Gasteiger charge is 2.11. The number of amides is 1. The molecule has 3 rings (SSSR count). The fraction of sp³-hybridized carbons (Fsp3) is 0.0556. The highest BCUT2D eigenvalue weighted by atomic mass is 16.5. The molecule has 0 atom stereocenters. The maximum atomic E-state index is 12.3. The van der Waals surface area contributed by atoms with Crippen LogP contribution in [0.5, 0.6) is 5.75 Å². The summed E-state index contributed by atoms with van der Waals surface area (Å²) in [5.74, 6) is 1.15. The van der Waals surface area contributed by atoms with Gasteiger partial charge < -0.3 is 14.5 Å². The second-order valence-electron chi connectivity index (χ2n) is 4.71. The van der Waals surface area contributed by atoms with Gasteiger partial charge in [-0.3, -0.25) is 4.79 Å². The number of ether oxygens (including phenoxy) is 1. The lowest BCUT2D eigenvalue weighted by atomic mass is 10.1. The fourth-order valence-electron chi connectivity index (χ4n) is 2.19. The van der Waals surface area contributed by atoms with E-state index in [1.165, 1.54) is 0 Å². The zero-order valence-corrected chi connectivity index (χ0v) is 12.1. The molecule has 4 nitrogen and oxygen atoms in total. The lowest BCUT2D eigenvalue weighted by Gasteiger charge is -2.11. The minimum absolute atomic E-state index is 0.185. The third-order valence-electron chi connectivity index (χ3n) is 3.29. The Kier molecular flexibility index (Phi) is 3.92. The largest absolute Gasteiger partial charge is 0.495 e. The van der Waals surface area contributed by atoms with Crippen LogP contribution in [0, 0.1) is 0 Å². The topological polar surface area (TPSA) is 51.5 Å². The monoisotopic (exact) mass is 293 g/mol. The SMILES string of the molecule is COc1ccc(-c2ccco2)cc1NC(=O)c1ccccc1. The lowest BCUT2D eigenvalue weighted by Crippen LogP contribution is -2.12. The van der Waals surface area contributed by atoms with E-state index in [0.29, 0.717) is 17.0 Å². The molecule has 0 aliphatic rings. The van der Waals surface area contributed by atoms with Crippen molar-refractivity contribution in [2.75, 3.05) is 12.4 Å². The number of hydrogen-bond donors (Lipinski definition) is 1. The summed E-state index contributed by atoms with van der Waals surface area (Å²) in [4.78, 5) is 12.3. The average molecular weight is 293 g/mol. The number of methoxy groups -OCH3 is 1. The van der Waals surface area contributed by atoms with Gasteiger partial charge in [0.25, 0.3) is 5.91 Å². The van der Waals surface area contributed by atoms with Crippen LogP contribution in [0.15, 0.2) is 71.3 Å². The number of furan rings is 1. The van der Waals surface area contributed by atoms with Crippen molar-refractivity contribution in [1.29, 1.82) is 0 Å². The van der Waals surface area contributed by atoms with E-state index in [1.807, 2.05) is 42.5 Å². The zero-order valence-electron chi connectivity index (χ0n) is 12.1. The van der Waals surface area contributed by atoms with E-state index in [-0.39, 0.29) is 5.91 Å². The maximum Gasteiger partial charge on any atom is 0.255 e. The first kappa shape index (κ1) is 13.9. The lowest BCUT2D eigenvalue weighted by molar-refractivity contribution is 0.102. The first-order chi connectivity index (χ1) is 10.8. The Labute approximate surface area is 128 Å². The molecule has 0 aliphatic carbocycles. The van der Waals surface area contributed by atoms with Crippen molar-refractivity contribution in [3.63, 3.8) is 0 Å². The van der Waals surface area contributed by atoms with Crippen molar-refractivity contribution in [3.8, 4) is 17.1 Å². The van der Waals surface area contributed by atoms with Gasteiger partial charge in [-0.25, -0.2) is 0 Å². The van der Waals surface area contributed by atoms with E-state index < -0.39 is 0 Å². The average Bonchev–Trinajstić information content (AvgIpc) is 3.10. The number of rotatable bonds is 4. The molecule has 22 heavy (non-hydrogen) atoms. The van der Waals surface area contributed by atoms with Crippen LogP contribution in [0.3, 0.4) is 0 Å². The van der Waals surface area contributed by atoms with E-state index in [9.17, 15) is 4.79 Å². The second kappa shape index (κ2) is 6.18. The molecular weight excluding hydrogens is 278 g/mol. The Morgan fingerprint density at radius 1 is 1.05 bits per heavy atom. The molecule has 0 fully saturated rings. The van der Waals surface area contributed by atoms with Crippen LogP contribution in [0.4, 0.5) is 5.69 Å². The third kappa shape index (κ3) is 2.86. The van der Waals surface area contributed by atoms with Gasteiger partial charge in [0.1, 0.15) is 11.5 Å². The van der Waals surface area contributed by atoms with Gasteiger partial charge in [0.05, 0.1) is 19.1 Å². The summed E-state index contributed by atoms with van der Waals surface area (Å²) in [6, 6.07) is 18.3. The van der Waals surface area contributed by atoms with Gasteiger partial charge >= 0.3 is 0 Å². The van der Waals surface area contributed by atoms with Crippen LogP contribution in [-0.4, -0.2) is 13.0 Å². The van der Waals surface area contributed by atoms with Crippen molar-refractivity contribution in [2.45, 2.75) is 0 Å². The zero-order chi connectivity index (χ0) is 15.4. The molecule has 1 aromatic heterocycles. The van der Waals surface area contributed by atoms with Crippen LogP contribution in [0.25, 0.3) is 11.3 Å². The number of benzene rings is 2. The van der Waals surface area contributed by atoms with Gasteiger partial charge in [-0.2, -0.15) is 0 Å². The van der Waals surface area contributed by atoms with Gasteiger partial charge in [-0.05, 0) is 42.5 Å². The van der Waals surface area contributed by atoms with Crippen LogP contribution >= 0.6 is 0 Å². The molecule has 0 saturated carbocycles. The molecule has 0 saturated heterocycles. The molecule has 0 unspecified atom stereocenters. The number of anilines is 1. The standard InChI is InChI=1S/C18H15NO3/c1-21-17-10-9-14(16-8-5-11-22-16)12-15(17)19-18(20)13-6-3-2-4-7-13/h2-12H,1H3,(H,19,20). The first-order valence-corrected chi connectivity index (χ1v) is 6.86. The second-order valence-corrected chi connectivity index (χ2v) is 4.71. The van der Waals surface area contributed by atoms with Gasteiger partial charge in [0, 0.05) is 11.1 Å². The van der Waals surface area contributed by atoms with E-state index in [4.69, 9.17) is 9.15 Å². The van der Waals surface area contributed by atoms with Crippen molar-refractivity contribution in [3.05, 3.63) is 72.5 Å². The summed E-state index contributed by atoms with van der Waals surface area (Å²) < 4.78 is 10.7. The number of nitrogens with one attached hydrogen (secondary N) is 1. The summed E-state index contributed by atoms with van der Waals surface area (Å²) in [7, 11) is 1.57. The Bertz CT molecular complexity index is 764. The minimum Gasteiger partial charge on any atom is -0.495 e. The summed E-state index contributed by atoms with van der Waals surface area (Å²) >= 11 is 0. The highest BCUT2D eigenvalue weighted by molar-refractivity contribution is 6.05. The molecule has 4 heteroatoms. The molecule has 1 heterocycles. The van der Waals surface area contributed by atoms with E-state index in [1.54, 1.807) is 31.6 Å². The Hall–Kier alpha value is -3.01. The summed E-state index contributed by atoms with van der Waals surface area (Å²) in [6.45, 7) is 0. The Morgan fingerprint density at radius 3 is 2.55 bits per heavy atom. The van der Waals surface area contributed by atoms with Gasteiger partial charge in [0.2, 0.25) is 0 Å². The van der Waals surface area contributed by atoms with Gasteiger partial charge in [-0.15, -0.1) is 0 Å². The van der Waals surface area contributed by atoms with Crippen molar-refractivity contribution >= 4 is 11.6 Å². The molecule has 1 amide bonds. The van der Waals surface area contributed by atoms with Crippen LogP contribution < -0.4 is 10.1 Å². The van der Waals surface area contributed by atoms with Crippen molar-refractivity contribution in [1.82, 2.24) is 0 Å².